The minimum absolute atomic E-state index is 0.0159. The van der Waals surface area contributed by atoms with Crippen LogP contribution in [0.15, 0.2) is 23.1 Å². The summed E-state index contributed by atoms with van der Waals surface area (Å²) < 4.78 is 23.1. The molecule has 112 valence electrons. The molecule has 4 nitrogen and oxygen atoms in total. The van der Waals surface area contributed by atoms with E-state index in [1.54, 1.807) is 0 Å². The van der Waals surface area contributed by atoms with Gasteiger partial charge in [-0.05, 0) is 24.6 Å². The van der Waals surface area contributed by atoms with E-state index < -0.39 is 9.84 Å². The average molecular weight is 318 g/mol. The second-order valence-electron chi connectivity index (χ2n) is 4.73. The van der Waals surface area contributed by atoms with E-state index in [1.165, 1.54) is 18.2 Å². The maximum Gasteiger partial charge on any atom is 0.251 e. The van der Waals surface area contributed by atoms with Crippen LogP contribution in [0.2, 0.25) is 5.02 Å². The lowest BCUT2D eigenvalue weighted by Crippen LogP contribution is -2.24. The van der Waals surface area contributed by atoms with Crippen molar-refractivity contribution in [1.82, 2.24) is 5.32 Å². The first-order chi connectivity index (χ1) is 9.36. The number of hydrogen-bond acceptors (Lipinski definition) is 3. The van der Waals surface area contributed by atoms with Crippen molar-refractivity contribution in [3.8, 4) is 0 Å². The van der Waals surface area contributed by atoms with Crippen LogP contribution in [0, 0.1) is 0 Å². The second-order valence-corrected chi connectivity index (χ2v) is 7.13. The first-order valence-electron chi connectivity index (χ1n) is 6.64. The van der Waals surface area contributed by atoms with Gasteiger partial charge in [0.1, 0.15) is 0 Å². The number of sulfone groups is 1. The Morgan fingerprint density at radius 1 is 1.25 bits per heavy atom. The number of carbonyl (C=O) groups excluding carboxylic acids is 1. The SMILES string of the molecule is CCCCCCNC(=O)c1ccc(Cl)c(S(C)(=O)=O)c1. The Labute approximate surface area is 125 Å². The molecule has 1 aromatic carbocycles. The fraction of sp³-hybridized carbons (Fsp3) is 0.500. The predicted molar refractivity (Wildman–Crippen MR) is 81.0 cm³/mol. The molecular weight excluding hydrogens is 298 g/mol. The zero-order chi connectivity index (χ0) is 15.2. The Bertz CT molecular complexity index is 570. The summed E-state index contributed by atoms with van der Waals surface area (Å²) in [6.07, 6.45) is 5.36. The maximum absolute atomic E-state index is 11.9. The molecule has 0 saturated carbocycles. The molecule has 1 amide bonds. The third-order valence-corrected chi connectivity index (χ3v) is 4.49. The molecular formula is C14H20ClNO3S. The lowest BCUT2D eigenvalue weighted by atomic mass is 10.2. The van der Waals surface area contributed by atoms with E-state index in [1.807, 2.05) is 0 Å². The average Bonchev–Trinajstić information content (AvgIpc) is 2.37. The molecule has 0 atom stereocenters. The largest absolute Gasteiger partial charge is 0.352 e. The smallest absolute Gasteiger partial charge is 0.251 e. The van der Waals surface area contributed by atoms with Crippen molar-refractivity contribution in [2.75, 3.05) is 12.8 Å². The minimum atomic E-state index is -3.43. The predicted octanol–water partition coefficient (Wildman–Crippen LogP) is 3.05. The molecule has 0 unspecified atom stereocenters. The van der Waals surface area contributed by atoms with Gasteiger partial charge in [-0.15, -0.1) is 0 Å². The van der Waals surface area contributed by atoms with Crippen LogP contribution >= 0.6 is 11.6 Å². The summed E-state index contributed by atoms with van der Waals surface area (Å²) in [4.78, 5) is 11.9. The molecule has 0 bridgehead atoms. The van der Waals surface area contributed by atoms with E-state index in [9.17, 15) is 13.2 Å². The Hall–Kier alpha value is -1.07. The topological polar surface area (TPSA) is 63.2 Å². The Kier molecular flexibility index (Phi) is 6.49. The highest BCUT2D eigenvalue weighted by Gasteiger charge is 2.15. The standard InChI is InChI=1S/C14H20ClNO3S/c1-3-4-5-6-9-16-14(17)11-7-8-12(15)13(10-11)20(2,18)19/h7-8,10H,3-6,9H2,1-2H3,(H,16,17). The van der Waals surface area contributed by atoms with Gasteiger partial charge in [-0.2, -0.15) is 0 Å². The number of nitrogens with one attached hydrogen (secondary N) is 1. The van der Waals surface area contributed by atoms with E-state index in [-0.39, 0.29) is 15.8 Å². The highest BCUT2D eigenvalue weighted by atomic mass is 35.5. The van der Waals surface area contributed by atoms with Crippen molar-refractivity contribution < 1.29 is 13.2 Å². The molecule has 0 spiro atoms. The summed E-state index contributed by atoms with van der Waals surface area (Å²) >= 11 is 5.84. The molecule has 6 heteroatoms. The van der Waals surface area contributed by atoms with Crippen LogP contribution in [0.1, 0.15) is 43.0 Å². The third kappa shape index (κ3) is 5.13. The van der Waals surface area contributed by atoms with Crippen LogP contribution in [-0.4, -0.2) is 27.1 Å². The molecule has 1 aromatic rings. The molecule has 0 aliphatic heterocycles. The van der Waals surface area contributed by atoms with E-state index in [0.717, 1.165) is 31.9 Å². The zero-order valence-corrected chi connectivity index (χ0v) is 13.4. The van der Waals surface area contributed by atoms with Gasteiger partial charge < -0.3 is 5.32 Å². The molecule has 20 heavy (non-hydrogen) atoms. The van der Waals surface area contributed by atoms with Crippen molar-refractivity contribution >= 4 is 27.3 Å². The van der Waals surface area contributed by atoms with Gasteiger partial charge in [0, 0.05) is 18.4 Å². The molecule has 0 heterocycles. The first-order valence-corrected chi connectivity index (χ1v) is 8.91. The van der Waals surface area contributed by atoms with Crippen LogP contribution in [0.5, 0.6) is 0 Å². The molecule has 1 N–H and O–H groups in total. The number of hydrogen-bond donors (Lipinski definition) is 1. The molecule has 1 rings (SSSR count). The van der Waals surface area contributed by atoms with E-state index in [4.69, 9.17) is 11.6 Å². The molecule has 0 aliphatic carbocycles. The van der Waals surface area contributed by atoms with Crippen molar-refractivity contribution in [3.63, 3.8) is 0 Å². The number of halogens is 1. The third-order valence-electron chi connectivity index (χ3n) is 2.91. The van der Waals surface area contributed by atoms with Gasteiger partial charge in [0.15, 0.2) is 9.84 Å². The normalized spacial score (nSPS) is 11.3. The van der Waals surface area contributed by atoms with E-state index in [0.29, 0.717) is 12.1 Å². The van der Waals surface area contributed by atoms with Crippen molar-refractivity contribution in [2.24, 2.45) is 0 Å². The number of rotatable bonds is 7. The van der Waals surface area contributed by atoms with Gasteiger partial charge in [0.05, 0.1) is 9.92 Å². The van der Waals surface area contributed by atoms with Gasteiger partial charge in [0.25, 0.3) is 5.91 Å². The van der Waals surface area contributed by atoms with Crippen LogP contribution in [-0.2, 0) is 9.84 Å². The summed E-state index contributed by atoms with van der Waals surface area (Å²) in [6, 6.07) is 4.28. The minimum Gasteiger partial charge on any atom is -0.352 e. The van der Waals surface area contributed by atoms with Crippen LogP contribution in [0.25, 0.3) is 0 Å². The monoisotopic (exact) mass is 317 g/mol. The number of benzene rings is 1. The quantitative estimate of drug-likeness (QED) is 0.786. The van der Waals surface area contributed by atoms with E-state index in [2.05, 4.69) is 12.2 Å². The number of carbonyl (C=O) groups is 1. The van der Waals surface area contributed by atoms with Gasteiger partial charge in [0.2, 0.25) is 0 Å². The highest BCUT2D eigenvalue weighted by Crippen LogP contribution is 2.22. The van der Waals surface area contributed by atoms with E-state index >= 15 is 0 Å². The van der Waals surface area contributed by atoms with Crippen molar-refractivity contribution in [1.29, 1.82) is 0 Å². The summed E-state index contributed by atoms with van der Waals surface area (Å²) in [7, 11) is -3.43. The van der Waals surface area contributed by atoms with Crippen LogP contribution < -0.4 is 5.32 Å². The summed E-state index contributed by atoms with van der Waals surface area (Å²) in [5, 5.41) is 2.91. The summed E-state index contributed by atoms with van der Waals surface area (Å²) in [6.45, 7) is 2.72. The lowest BCUT2D eigenvalue weighted by Gasteiger charge is -2.07. The summed E-state index contributed by atoms with van der Waals surface area (Å²) in [5.41, 5.74) is 0.310. The number of amides is 1. The molecule has 0 aliphatic rings. The van der Waals surface area contributed by atoms with Gasteiger partial charge in [-0.1, -0.05) is 37.8 Å². The first kappa shape index (κ1) is 17.0. The highest BCUT2D eigenvalue weighted by molar-refractivity contribution is 7.90. The van der Waals surface area contributed by atoms with Gasteiger partial charge in [-0.25, -0.2) is 8.42 Å². The fourth-order valence-corrected chi connectivity index (χ4v) is 3.09. The molecule has 0 saturated heterocycles. The second kappa shape index (κ2) is 7.64. The number of unbranched alkanes of at least 4 members (excludes halogenated alkanes) is 3. The van der Waals surface area contributed by atoms with Crippen molar-refractivity contribution in [2.45, 2.75) is 37.5 Å². The Balaban J connectivity index is 2.70. The van der Waals surface area contributed by atoms with Crippen LogP contribution in [0.3, 0.4) is 0 Å². The lowest BCUT2D eigenvalue weighted by molar-refractivity contribution is 0.0952. The zero-order valence-electron chi connectivity index (χ0n) is 11.8. The van der Waals surface area contributed by atoms with Crippen molar-refractivity contribution in [3.05, 3.63) is 28.8 Å². The fourth-order valence-electron chi connectivity index (χ4n) is 1.78. The molecule has 0 aromatic heterocycles. The molecule has 0 radical (unpaired) electrons. The molecule has 0 fully saturated rings. The maximum atomic E-state index is 11.9. The Morgan fingerprint density at radius 2 is 1.95 bits per heavy atom. The van der Waals surface area contributed by atoms with Crippen LogP contribution in [0.4, 0.5) is 0 Å². The summed E-state index contributed by atoms with van der Waals surface area (Å²) in [5.74, 6) is -0.275. The van der Waals surface area contributed by atoms with Gasteiger partial charge >= 0.3 is 0 Å². The Morgan fingerprint density at radius 3 is 2.55 bits per heavy atom. The van der Waals surface area contributed by atoms with Gasteiger partial charge in [-0.3, -0.25) is 4.79 Å².